The summed E-state index contributed by atoms with van der Waals surface area (Å²) in [7, 11) is 4.07. The summed E-state index contributed by atoms with van der Waals surface area (Å²) >= 11 is 0. The van der Waals surface area contributed by atoms with Gasteiger partial charge in [0.1, 0.15) is 0 Å². The number of hydrogen-bond acceptors (Lipinski definition) is 3. The van der Waals surface area contributed by atoms with Gasteiger partial charge < -0.3 is 5.73 Å². The molecule has 4 nitrogen and oxygen atoms in total. The largest absolute Gasteiger partial charge is 0.326 e. The lowest BCUT2D eigenvalue weighted by atomic mass is 10.0. The molecule has 0 aliphatic heterocycles. The minimum atomic E-state index is 0.100. The van der Waals surface area contributed by atoms with Gasteiger partial charge in [0.05, 0.1) is 12.2 Å². The van der Waals surface area contributed by atoms with Crippen LogP contribution < -0.4 is 5.73 Å². The molecular formula is C12H24N4. The van der Waals surface area contributed by atoms with E-state index in [2.05, 4.69) is 37.8 Å². The minimum Gasteiger partial charge on any atom is -0.326 e. The lowest BCUT2D eigenvalue weighted by molar-refractivity contribution is 0.161. The van der Waals surface area contributed by atoms with E-state index < -0.39 is 0 Å². The van der Waals surface area contributed by atoms with E-state index in [1.165, 1.54) is 5.56 Å². The number of nitrogens with zero attached hydrogens (tertiary/aromatic N) is 3. The molecular weight excluding hydrogens is 200 g/mol. The highest BCUT2D eigenvalue weighted by atomic mass is 15.3. The van der Waals surface area contributed by atoms with Crippen LogP contribution in [0, 0.1) is 0 Å². The second-order valence-electron chi connectivity index (χ2n) is 4.67. The second-order valence-corrected chi connectivity index (χ2v) is 4.67. The van der Waals surface area contributed by atoms with Gasteiger partial charge in [-0.1, -0.05) is 6.92 Å². The van der Waals surface area contributed by atoms with Gasteiger partial charge >= 0.3 is 0 Å². The number of aromatic nitrogens is 2. The van der Waals surface area contributed by atoms with Gasteiger partial charge in [-0.3, -0.25) is 9.58 Å². The third-order valence-electron chi connectivity index (χ3n) is 3.29. The van der Waals surface area contributed by atoms with E-state index in [-0.39, 0.29) is 12.1 Å². The maximum absolute atomic E-state index is 6.09. The quantitative estimate of drug-likeness (QED) is 0.825. The van der Waals surface area contributed by atoms with Crippen molar-refractivity contribution in [2.75, 3.05) is 7.05 Å². The molecule has 0 aliphatic rings. The van der Waals surface area contributed by atoms with Gasteiger partial charge in [0, 0.05) is 30.9 Å². The van der Waals surface area contributed by atoms with E-state index in [9.17, 15) is 0 Å². The van der Waals surface area contributed by atoms with Crippen LogP contribution in [0.1, 0.15) is 38.8 Å². The Kier molecular flexibility index (Phi) is 4.50. The molecule has 1 heterocycles. The van der Waals surface area contributed by atoms with E-state index in [4.69, 9.17) is 5.73 Å². The fraction of sp³-hybridized carbons (Fsp3) is 0.750. The molecule has 1 rings (SSSR count). The van der Waals surface area contributed by atoms with Gasteiger partial charge in [0.25, 0.3) is 0 Å². The molecule has 1 aromatic heterocycles. The topological polar surface area (TPSA) is 47.1 Å². The van der Waals surface area contributed by atoms with Crippen molar-refractivity contribution in [3.8, 4) is 0 Å². The molecule has 0 saturated heterocycles. The zero-order valence-corrected chi connectivity index (χ0v) is 11.0. The highest BCUT2D eigenvalue weighted by Gasteiger charge is 2.25. The van der Waals surface area contributed by atoms with Crippen LogP contribution >= 0.6 is 0 Å². The lowest BCUT2D eigenvalue weighted by Crippen LogP contribution is -2.41. The van der Waals surface area contributed by atoms with Crippen LogP contribution in [0.25, 0.3) is 0 Å². The summed E-state index contributed by atoms with van der Waals surface area (Å²) < 4.78 is 1.83. The van der Waals surface area contributed by atoms with Crippen molar-refractivity contribution in [1.82, 2.24) is 14.7 Å². The predicted molar refractivity (Wildman–Crippen MR) is 67.1 cm³/mol. The van der Waals surface area contributed by atoms with Crippen molar-refractivity contribution >= 4 is 0 Å². The fourth-order valence-electron chi connectivity index (χ4n) is 2.06. The van der Waals surface area contributed by atoms with Gasteiger partial charge in [0.15, 0.2) is 0 Å². The van der Waals surface area contributed by atoms with E-state index in [1.807, 2.05) is 24.1 Å². The molecule has 0 aliphatic carbocycles. The maximum Gasteiger partial charge on any atom is 0.0538 e. The van der Waals surface area contributed by atoms with Crippen molar-refractivity contribution in [3.05, 3.63) is 18.0 Å². The zero-order valence-electron chi connectivity index (χ0n) is 11.0. The first-order valence-corrected chi connectivity index (χ1v) is 5.93. The average Bonchev–Trinajstić information content (AvgIpc) is 2.63. The number of nitrogens with two attached hydrogens (primary N) is 1. The Morgan fingerprint density at radius 2 is 2.12 bits per heavy atom. The first-order valence-electron chi connectivity index (χ1n) is 5.93. The van der Waals surface area contributed by atoms with Crippen LogP contribution in [0.2, 0.25) is 0 Å². The summed E-state index contributed by atoms with van der Waals surface area (Å²) in [5.41, 5.74) is 7.29. The minimum absolute atomic E-state index is 0.100. The Balaban J connectivity index is 2.91. The van der Waals surface area contributed by atoms with Crippen LogP contribution in [-0.2, 0) is 7.05 Å². The summed E-state index contributed by atoms with van der Waals surface area (Å²) in [6.07, 6.45) is 5.08. The van der Waals surface area contributed by atoms with E-state index in [1.54, 1.807) is 0 Å². The van der Waals surface area contributed by atoms with Crippen LogP contribution in [-0.4, -0.2) is 33.8 Å². The molecule has 1 aromatic rings. The SMILES string of the molecule is CCC(C)N(C)C(c1cnn(C)c1)C(C)N. The Bertz CT molecular complexity index is 319. The molecule has 3 atom stereocenters. The molecule has 0 fully saturated rings. The van der Waals surface area contributed by atoms with E-state index in [0.717, 1.165) is 6.42 Å². The van der Waals surface area contributed by atoms with Crippen LogP contribution in [0.3, 0.4) is 0 Å². The molecule has 2 N–H and O–H groups in total. The molecule has 4 heteroatoms. The smallest absolute Gasteiger partial charge is 0.0538 e. The summed E-state index contributed by atoms with van der Waals surface area (Å²) in [6.45, 7) is 6.48. The van der Waals surface area contributed by atoms with Crippen molar-refractivity contribution in [2.45, 2.75) is 45.3 Å². The normalized spacial score (nSPS) is 17.4. The Morgan fingerprint density at radius 1 is 1.50 bits per heavy atom. The fourth-order valence-corrected chi connectivity index (χ4v) is 2.06. The lowest BCUT2D eigenvalue weighted by Gasteiger charge is -2.34. The summed E-state index contributed by atoms with van der Waals surface area (Å²) in [6, 6.07) is 0.864. The van der Waals surface area contributed by atoms with Gasteiger partial charge in [0.2, 0.25) is 0 Å². The number of rotatable bonds is 5. The molecule has 92 valence electrons. The number of aryl methyl sites for hydroxylation is 1. The van der Waals surface area contributed by atoms with E-state index >= 15 is 0 Å². The van der Waals surface area contributed by atoms with Gasteiger partial charge in [-0.2, -0.15) is 5.10 Å². The highest BCUT2D eigenvalue weighted by molar-refractivity contribution is 5.13. The average molecular weight is 224 g/mol. The summed E-state index contributed by atoms with van der Waals surface area (Å²) in [5, 5.41) is 4.22. The van der Waals surface area contributed by atoms with Gasteiger partial charge in [-0.05, 0) is 27.3 Å². The van der Waals surface area contributed by atoms with Gasteiger partial charge in [-0.15, -0.1) is 0 Å². The number of hydrogen-bond donors (Lipinski definition) is 1. The third-order valence-corrected chi connectivity index (χ3v) is 3.29. The standard InChI is InChI=1S/C12H24N4/c1-6-9(2)16(5)12(10(3)13)11-7-14-15(4)8-11/h7-10,12H,6,13H2,1-5H3. The monoisotopic (exact) mass is 224 g/mol. The first-order chi connectivity index (χ1) is 7.47. The molecule has 0 bridgehead atoms. The maximum atomic E-state index is 6.09. The molecule has 0 amide bonds. The second kappa shape index (κ2) is 5.46. The number of likely N-dealkylation sites (N-methyl/N-ethyl adjacent to an activating group) is 1. The summed E-state index contributed by atoms with van der Waals surface area (Å²) in [4.78, 5) is 2.34. The first kappa shape index (κ1) is 13.2. The predicted octanol–water partition coefficient (Wildman–Crippen LogP) is 1.54. The van der Waals surface area contributed by atoms with Crippen molar-refractivity contribution < 1.29 is 0 Å². The van der Waals surface area contributed by atoms with Crippen LogP contribution in [0.15, 0.2) is 12.4 Å². The van der Waals surface area contributed by atoms with Crippen molar-refractivity contribution in [2.24, 2.45) is 12.8 Å². The van der Waals surface area contributed by atoms with E-state index in [0.29, 0.717) is 6.04 Å². The van der Waals surface area contributed by atoms with Crippen molar-refractivity contribution in [1.29, 1.82) is 0 Å². The van der Waals surface area contributed by atoms with Gasteiger partial charge in [-0.25, -0.2) is 0 Å². The molecule has 0 saturated carbocycles. The van der Waals surface area contributed by atoms with Crippen LogP contribution in [0.4, 0.5) is 0 Å². The Morgan fingerprint density at radius 3 is 2.50 bits per heavy atom. The Hall–Kier alpha value is -0.870. The molecule has 0 radical (unpaired) electrons. The Labute approximate surface area is 98.4 Å². The highest BCUT2D eigenvalue weighted by Crippen LogP contribution is 2.24. The molecule has 16 heavy (non-hydrogen) atoms. The zero-order chi connectivity index (χ0) is 12.3. The van der Waals surface area contributed by atoms with Crippen LogP contribution in [0.5, 0.6) is 0 Å². The molecule has 0 spiro atoms. The van der Waals surface area contributed by atoms with Crippen molar-refractivity contribution in [3.63, 3.8) is 0 Å². The third kappa shape index (κ3) is 2.83. The molecule has 0 aromatic carbocycles. The summed E-state index contributed by atoms with van der Waals surface area (Å²) in [5.74, 6) is 0. The molecule has 3 unspecified atom stereocenters.